The number of ketones is 1. The number of furan rings is 1. The van der Waals surface area contributed by atoms with Gasteiger partial charge in [0.2, 0.25) is 0 Å². The minimum Gasteiger partial charge on any atom is -0.453 e. The molecule has 0 spiro atoms. The number of fused-ring (bicyclic) bond motifs is 1. The van der Waals surface area contributed by atoms with Crippen LogP contribution < -0.4 is 0 Å². The van der Waals surface area contributed by atoms with Crippen LogP contribution in [0.15, 0.2) is 22.6 Å². The Balaban J connectivity index is 2.51. The van der Waals surface area contributed by atoms with Crippen molar-refractivity contribution in [1.82, 2.24) is 0 Å². The Kier molecular flexibility index (Phi) is 3.01. The quantitative estimate of drug-likeness (QED) is 0.741. The smallest absolute Gasteiger partial charge is 0.198 e. The van der Waals surface area contributed by atoms with Crippen molar-refractivity contribution in [2.75, 3.05) is 0 Å². The fraction of sp³-hybridized carbons (Fsp3) is 0.308. The number of Topliss-reactive ketones (excluding diaryl/α,β-unsaturated/α-hetero) is 1. The fourth-order valence-electron chi connectivity index (χ4n) is 1.71. The van der Waals surface area contributed by atoms with Crippen LogP contribution in [0.3, 0.4) is 0 Å². The zero-order chi connectivity index (χ0) is 11.7. The van der Waals surface area contributed by atoms with Gasteiger partial charge in [-0.15, -0.1) is 0 Å². The molecule has 0 amide bonds. The summed E-state index contributed by atoms with van der Waals surface area (Å²) in [6.45, 7) is 3.92. The van der Waals surface area contributed by atoms with Gasteiger partial charge in [-0.05, 0) is 37.1 Å². The highest BCUT2D eigenvalue weighted by Gasteiger charge is 2.13. The number of hydrogen-bond acceptors (Lipinski definition) is 2. The van der Waals surface area contributed by atoms with E-state index in [1.54, 1.807) is 6.07 Å². The summed E-state index contributed by atoms with van der Waals surface area (Å²) in [4.78, 5) is 11.7. The number of halogens is 1. The molecule has 0 fully saturated rings. The summed E-state index contributed by atoms with van der Waals surface area (Å²) in [6, 6.07) is 5.49. The molecule has 0 N–H and O–H groups in total. The van der Waals surface area contributed by atoms with E-state index in [0.717, 1.165) is 17.4 Å². The zero-order valence-corrected chi connectivity index (χ0v) is 10.1. The van der Waals surface area contributed by atoms with Gasteiger partial charge in [-0.1, -0.05) is 18.5 Å². The highest BCUT2D eigenvalue weighted by molar-refractivity contribution is 6.35. The van der Waals surface area contributed by atoms with Gasteiger partial charge >= 0.3 is 0 Å². The van der Waals surface area contributed by atoms with Gasteiger partial charge in [0, 0.05) is 11.8 Å². The molecule has 1 aromatic carbocycles. The topological polar surface area (TPSA) is 30.2 Å². The summed E-state index contributed by atoms with van der Waals surface area (Å²) < 4.78 is 5.51. The Morgan fingerprint density at radius 3 is 2.81 bits per heavy atom. The first kappa shape index (κ1) is 11.2. The number of carbonyl (C=O) groups excluding carboxylic acids is 1. The van der Waals surface area contributed by atoms with Crippen molar-refractivity contribution >= 4 is 28.4 Å². The summed E-state index contributed by atoms with van der Waals surface area (Å²) >= 11 is 6.09. The van der Waals surface area contributed by atoms with Crippen molar-refractivity contribution in [3.63, 3.8) is 0 Å². The standard InChI is InChI=1S/C13H13ClO2/c1-3-4-11(15)13-7-9-10(14)5-8(2)6-12(9)16-13/h5-7H,3-4H2,1-2H3. The molecule has 0 unspecified atom stereocenters. The molecule has 0 aliphatic rings. The normalized spacial score (nSPS) is 10.9. The summed E-state index contributed by atoms with van der Waals surface area (Å²) in [5.74, 6) is 0.441. The van der Waals surface area contributed by atoms with Gasteiger partial charge < -0.3 is 4.42 Å². The lowest BCUT2D eigenvalue weighted by molar-refractivity contribution is 0.0957. The first-order chi connectivity index (χ1) is 7.61. The van der Waals surface area contributed by atoms with E-state index in [2.05, 4.69) is 0 Å². The molecule has 2 nitrogen and oxygen atoms in total. The lowest BCUT2D eigenvalue weighted by Crippen LogP contribution is -1.94. The molecule has 0 radical (unpaired) electrons. The minimum atomic E-state index is 0.0346. The maximum absolute atomic E-state index is 11.7. The van der Waals surface area contributed by atoms with Crippen LogP contribution >= 0.6 is 11.6 Å². The molecule has 16 heavy (non-hydrogen) atoms. The van der Waals surface area contributed by atoms with E-state index in [1.165, 1.54) is 0 Å². The number of hydrogen-bond donors (Lipinski definition) is 0. The molecule has 0 saturated carbocycles. The lowest BCUT2D eigenvalue weighted by Gasteiger charge is -1.94. The van der Waals surface area contributed by atoms with Crippen LogP contribution in [0.2, 0.25) is 5.02 Å². The molecule has 1 aromatic heterocycles. The van der Waals surface area contributed by atoms with Crippen molar-refractivity contribution in [3.05, 3.63) is 34.5 Å². The highest BCUT2D eigenvalue weighted by Crippen LogP contribution is 2.28. The fourth-order valence-corrected chi connectivity index (χ4v) is 2.03. The SMILES string of the molecule is CCCC(=O)c1cc2c(Cl)cc(C)cc2o1. The predicted octanol–water partition coefficient (Wildman–Crippen LogP) is 4.38. The van der Waals surface area contributed by atoms with Crippen LogP contribution in [0.4, 0.5) is 0 Å². The van der Waals surface area contributed by atoms with Crippen LogP contribution in [0.5, 0.6) is 0 Å². The Morgan fingerprint density at radius 1 is 1.38 bits per heavy atom. The van der Waals surface area contributed by atoms with E-state index in [0.29, 0.717) is 22.8 Å². The molecular formula is C13H13ClO2. The van der Waals surface area contributed by atoms with Crippen molar-refractivity contribution < 1.29 is 9.21 Å². The van der Waals surface area contributed by atoms with Gasteiger partial charge in [0.05, 0.1) is 5.02 Å². The molecular weight excluding hydrogens is 224 g/mol. The van der Waals surface area contributed by atoms with Crippen LogP contribution in [-0.4, -0.2) is 5.78 Å². The summed E-state index contributed by atoms with van der Waals surface area (Å²) in [7, 11) is 0. The number of benzene rings is 1. The molecule has 0 bridgehead atoms. The highest BCUT2D eigenvalue weighted by atomic mass is 35.5. The van der Waals surface area contributed by atoms with Crippen molar-refractivity contribution in [3.8, 4) is 0 Å². The van der Waals surface area contributed by atoms with Crippen molar-refractivity contribution in [1.29, 1.82) is 0 Å². The Bertz CT molecular complexity index is 540. The number of carbonyl (C=O) groups is 1. The number of rotatable bonds is 3. The molecule has 3 heteroatoms. The lowest BCUT2D eigenvalue weighted by atomic mass is 10.1. The van der Waals surface area contributed by atoms with Gasteiger partial charge in [-0.25, -0.2) is 0 Å². The minimum absolute atomic E-state index is 0.0346. The van der Waals surface area contributed by atoms with Crippen LogP contribution in [0, 0.1) is 6.92 Å². The van der Waals surface area contributed by atoms with Crippen molar-refractivity contribution in [2.24, 2.45) is 0 Å². The molecule has 2 aromatic rings. The largest absolute Gasteiger partial charge is 0.453 e. The van der Waals surface area contributed by atoms with Crippen molar-refractivity contribution in [2.45, 2.75) is 26.7 Å². The number of aryl methyl sites for hydroxylation is 1. The second-order valence-electron chi connectivity index (χ2n) is 3.94. The van der Waals surface area contributed by atoms with E-state index in [-0.39, 0.29) is 5.78 Å². The van der Waals surface area contributed by atoms with E-state index in [1.807, 2.05) is 26.0 Å². The third-order valence-corrected chi connectivity index (χ3v) is 2.80. The average molecular weight is 237 g/mol. The monoisotopic (exact) mass is 236 g/mol. The summed E-state index contributed by atoms with van der Waals surface area (Å²) in [5, 5.41) is 1.45. The van der Waals surface area contributed by atoms with Gasteiger partial charge in [0.1, 0.15) is 5.58 Å². The molecule has 0 saturated heterocycles. The third-order valence-electron chi connectivity index (χ3n) is 2.48. The van der Waals surface area contributed by atoms with Crippen LogP contribution in [-0.2, 0) is 0 Å². The zero-order valence-electron chi connectivity index (χ0n) is 9.34. The second-order valence-corrected chi connectivity index (χ2v) is 4.35. The molecule has 0 atom stereocenters. The maximum Gasteiger partial charge on any atom is 0.198 e. The van der Waals surface area contributed by atoms with E-state index in [4.69, 9.17) is 16.0 Å². The Hall–Kier alpha value is -1.28. The second kappa shape index (κ2) is 4.30. The molecule has 84 valence electrons. The van der Waals surface area contributed by atoms with E-state index in [9.17, 15) is 4.79 Å². The Morgan fingerprint density at radius 2 is 2.12 bits per heavy atom. The van der Waals surface area contributed by atoms with Gasteiger partial charge in [0.15, 0.2) is 11.5 Å². The Labute approximate surface area is 99.2 Å². The first-order valence-electron chi connectivity index (χ1n) is 5.34. The summed E-state index contributed by atoms with van der Waals surface area (Å²) in [6.07, 6.45) is 1.33. The third kappa shape index (κ3) is 1.98. The van der Waals surface area contributed by atoms with E-state index < -0.39 is 0 Å². The predicted molar refractivity (Wildman–Crippen MR) is 65.2 cm³/mol. The average Bonchev–Trinajstić information content (AvgIpc) is 2.62. The first-order valence-corrected chi connectivity index (χ1v) is 5.72. The van der Waals surface area contributed by atoms with Gasteiger partial charge in [0.25, 0.3) is 0 Å². The molecule has 1 heterocycles. The molecule has 0 aliphatic carbocycles. The molecule has 0 aliphatic heterocycles. The molecule has 2 rings (SSSR count). The van der Waals surface area contributed by atoms with Crippen LogP contribution in [0.1, 0.15) is 35.9 Å². The summed E-state index contributed by atoms with van der Waals surface area (Å²) in [5.41, 5.74) is 1.71. The van der Waals surface area contributed by atoms with Gasteiger partial charge in [-0.3, -0.25) is 4.79 Å². The van der Waals surface area contributed by atoms with E-state index >= 15 is 0 Å². The van der Waals surface area contributed by atoms with Gasteiger partial charge in [-0.2, -0.15) is 0 Å². The maximum atomic E-state index is 11.7. The van der Waals surface area contributed by atoms with Crippen LogP contribution in [0.25, 0.3) is 11.0 Å².